The Morgan fingerprint density at radius 2 is 1.80 bits per heavy atom. The molecule has 0 aliphatic carbocycles. The Hall–Kier alpha value is -0.710. The Morgan fingerprint density at radius 3 is 2.35 bits per heavy atom. The molecule has 20 heavy (non-hydrogen) atoms. The fraction of sp³-hybridized carbons (Fsp3) is 0.438. The van der Waals surface area contributed by atoms with Crippen molar-refractivity contribution in [3.05, 3.63) is 38.8 Å². The number of aromatic nitrogens is 1. The number of benzene rings is 1. The quantitative estimate of drug-likeness (QED) is 0.833. The molecule has 0 atom stereocenters. The standard InChI is InChI=1S/C16H21BrN2S/c1-10-6-12(7-11(2)14(10)17)15-18-8-13(20-15)9-19-16(3,4)5/h6-8,19H,9H2,1-5H3. The molecule has 0 radical (unpaired) electrons. The van der Waals surface area contributed by atoms with Gasteiger partial charge in [-0.1, -0.05) is 15.9 Å². The first-order chi connectivity index (χ1) is 9.26. The third-order valence-electron chi connectivity index (χ3n) is 3.03. The monoisotopic (exact) mass is 352 g/mol. The smallest absolute Gasteiger partial charge is 0.123 e. The van der Waals surface area contributed by atoms with Crippen LogP contribution in [0.2, 0.25) is 0 Å². The van der Waals surface area contributed by atoms with Gasteiger partial charge in [0.25, 0.3) is 0 Å². The van der Waals surface area contributed by atoms with Crippen molar-refractivity contribution >= 4 is 27.3 Å². The molecule has 1 heterocycles. The lowest BCUT2D eigenvalue weighted by atomic mass is 10.1. The van der Waals surface area contributed by atoms with E-state index in [4.69, 9.17) is 0 Å². The van der Waals surface area contributed by atoms with Crippen molar-refractivity contribution in [2.45, 2.75) is 46.7 Å². The number of hydrogen-bond acceptors (Lipinski definition) is 3. The van der Waals surface area contributed by atoms with Crippen LogP contribution in [0.3, 0.4) is 0 Å². The third-order valence-corrected chi connectivity index (χ3v) is 5.33. The molecule has 108 valence electrons. The molecule has 0 bridgehead atoms. The maximum absolute atomic E-state index is 4.56. The van der Waals surface area contributed by atoms with Crippen molar-refractivity contribution in [3.8, 4) is 10.6 Å². The number of halogens is 1. The zero-order chi connectivity index (χ0) is 14.9. The summed E-state index contributed by atoms with van der Waals surface area (Å²) in [5.41, 5.74) is 3.85. The molecule has 2 aromatic rings. The molecule has 0 saturated carbocycles. The first-order valence-corrected chi connectivity index (χ1v) is 8.34. The summed E-state index contributed by atoms with van der Waals surface area (Å²) in [6.07, 6.45) is 1.98. The molecule has 1 N–H and O–H groups in total. The van der Waals surface area contributed by atoms with Crippen LogP contribution in [-0.2, 0) is 6.54 Å². The van der Waals surface area contributed by atoms with Gasteiger partial charge in [0.1, 0.15) is 5.01 Å². The van der Waals surface area contributed by atoms with Gasteiger partial charge in [-0.25, -0.2) is 4.98 Å². The normalized spacial score (nSPS) is 11.9. The highest BCUT2D eigenvalue weighted by molar-refractivity contribution is 9.10. The molecule has 2 rings (SSSR count). The highest BCUT2D eigenvalue weighted by Gasteiger charge is 2.11. The minimum Gasteiger partial charge on any atom is -0.307 e. The number of rotatable bonds is 3. The molecular formula is C16H21BrN2S. The van der Waals surface area contributed by atoms with Crippen molar-refractivity contribution in [1.82, 2.24) is 10.3 Å². The SMILES string of the molecule is Cc1cc(-c2ncc(CNC(C)(C)C)s2)cc(C)c1Br. The van der Waals surface area contributed by atoms with Gasteiger partial charge in [0.05, 0.1) is 0 Å². The highest BCUT2D eigenvalue weighted by atomic mass is 79.9. The van der Waals surface area contributed by atoms with Gasteiger partial charge in [0.2, 0.25) is 0 Å². The molecule has 2 nitrogen and oxygen atoms in total. The summed E-state index contributed by atoms with van der Waals surface area (Å²) in [5.74, 6) is 0. The summed E-state index contributed by atoms with van der Waals surface area (Å²) in [5, 5.41) is 4.59. The van der Waals surface area contributed by atoms with Gasteiger partial charge in [-0.05, 0) is 57.9 Å². The molecule has 0 fully saturated rings. The average molecular weight is 353 g/mol. The minimum atomic E-state index is 0.134. The molecular weight excluding hydrogens is 332 g/mol. The van der Waals surface area contributed by atoms with Gasteiger partial charge in [-0.3, -0.25) is 0 Å². The number of thiazole rings is 1. The largest absolute Gasteiger partial charge is 0.307 e. The zero-order valence-corrected chi connectivity index (χ0v) is 15.1. The number of nitrogens with one attached hydrogen (secondary N) is 1. The fourth-order valence-electron chi connectivity index (χ4n) is 1.94. The van der Waals surface area contributed by atoms with Crippen molar-refractivity contribution in [3.63, 3.8) is 0 Å². The van der Waals surface area contributed by atoms with Gasteiger partial charge in [-0.2, -0.15) is 0 Å². The lowest BCUT2D eigenvalue weighted by molar-refractivity contribution is 0.426. The van der Waals surface area contributed by atoms with Crippen LogP contribution in [0.15, 0.2) is 22.8 Å². The van der Waals surface area contributed by atoms with Gasteiger partial charge in [-0.15, -0.1) is 11.3 Å². The van der Waals surface area contributed by atoms with E-state index in [1.54, 1.807) is 11.3 Å². The lowest BCUT2D eigenvalue weighted by Crippen LogP contribution is -2.34. The van der Waals surface area contributed by atoms with Crippen LogP contribution in [0.25, 0.3) is 10.6 Å². The Morgan fingerprint density at radius 1 is 1.20 bits per heavy atom. The van der Waals surface area contributed by atoms with Crippen LogP contribution >= 0.6 is 27.3 Å². The summed E-state index contributed by atoms with van der Waals surface area (Å²) in [4.78, 5) is 5.83. The van der Waals surface area contributed by atoms with E-state index < -0.39 is 0 Å². The highest BCUT2D eigenvalue weighted by Crippen LogP contribution is 2.31. The number of hydrogen-bond donors (Lipinski definition) is 1. The predicted molar refractivity (Wildman–Crippen MR) is 91.3 cm³/mol. The third kappa shape index (κ3) is 3.90. The first-order valence-electron chi connectivity index (χ1n) is 6.73. The molecule has 0 spiro atoms. The van der Waals surface area contributed by atoms with Crippen molar-refractivity contribution in [2.75, 3.05) is 0 Å². The number of nitrogens with zero attached hydrogens (tertiary/aromatic N) is 1. The van der Waals surface area contributed by atoms with Crippen LogP contribution in [-0.4, -0.2) is 10.5 Å². The van der Waals surface area contributed by atoms with Crippen LogP contribution in [0.5, 0.6) is 0 Å². The molecule has 0 saturated heterocycles. The summed E-state index contributed by atoms with van der Waals surface area (Å²) in [6.45, 7) is 11.6. The van der Waals surface area contributed by atoms with Gasteiger partial charge in [0, 0.05) is 33.2 Å². The maximum Gasteiger partial charge on any atom is 0.123 e. The van der Waals surface area contributed by atoms with E-state index >= 15 is 0 Å². The molecule has 1 aromatic heterocycles. The molecule has 1 aromatic carbocycles. The second kappa shape index (κ2) is 5.96. The van der Waals surface area contributed by atoms with Crippen molar-refractivity contribution < 1.29 is 0 Å². The lowest BCUT2D eigenvalue weighted by Gasteiger charge is -2.19. The van der Waals surface area contributed by atoms with Crippen LogP contribution in [0.4, 0.5) is 0 Å². The summed E-state index contributed by atoms with van der Waals surface area (Å²) >= 11 is 5.37. The first kappa shape index (κ1) is 15.7. The topological polar surface area (TPSA) is 24.9 Å². The zero-order valence-electron chi connectivity index (χ0n) is 12.7. The Balaban J connectivity index is 2.21. The Kier molecular flexibility index (Phi) is 4.67. The Labute approximate surface area is 133 Å². The van der Waals surface area contributed by atoms with Crippen LogP contribution in [0.1, 0.15) is 36.8 Å². The second-order valence-electron chi connectivity index (χ2n) is 6.16. The molecule has 0 amide bonds. The summed E-state index contributed by atoms with van der Waals surface area (Å²) in [6, 6.07) is 4.38. The molecule has 0 aliphatic heterocycles. The van der Waals surface area contributed by atoms with Crippen molar-refractivity contribution in [1.29, 1.82) is 0 Å². The number of aryl methyl sites for hydroxylation is 2. The summed E-state index contributed by atoms with van der Waals surface area (Å²) < 4.78 is 1.19. The van der Waals surface area contributed by atoms with Crippen LogP contribution in [0, 0.1) is 13.8 Å². The van der Waals surface area contributed by atoms with Gasteiger partial charge in [0.15, 0.2) is 0 Å². The van der Waals surface area contributed by atoms with E-state index in [1.165, 1.54) is 26.0 Å². The average Bonchev–Trinajstić information content (AvgIpc) is 2.81. The van der Waals surface area contributed by atoms with Gasteiger partial charge >= 0.3 is 0 Å². The van der Waals surface area contributed by atoms with Crippen LogP contribution < -0.4 is 5.32 Å². The summed E-state index contributed by atoms with van der Waals surface area (Å²) in [7, 11) is 0. The van der Waals surface area contributed by atoms with Crippen molar-refractivity contribution in [2.24, 2.45) is 0 Å². The van der Waals surface area contributed by atoms with E-state index in [2.05, 4.69) is 73.0 Å². The van der Waals surface area contributed by atoms with Gasteiger partial charge < -0.3 is 5.32 Å². The van der Waals surface area contributed by atoms with E-state index in [0.29, 0.717) is 0 Å². The maximum atomic E-state index is 4.56. The molecule has 0 unspecified atom stereocenters. The fourth-order valence-corrected chi connectivity index (χ4v) is 3.01. The van der Waals surface area contributed by atoms with E-state index in [0.717, 1.165) is 11.6 Å². The Bertz CT molecular complexity index is 588. The second-order valence-corrected chi connectivity index (χ2v) is 8.07. The van der Waals surface area contributed by atoms with E-state index in [-0.39, 0.29) is 5.54 Å². The van der Waals surface area contributed by atoms with E-state index in [9.17, 15) is 0 Å². The molecule has 0 aliphatic rings. The predicted octanol–water partition coefficient (Wildman–Crippen LogP) is 5.08. The minimum absolute atomic E-state index is 0.134. The molecule has 4 heteroatoms. The van der Waals surface area contributed by atoms with E-state index in [1.807, 2.05) is 6.20 Å².